The predicted molar refractivity (Wildman–Crippen MR) is 76.6 cm³/mol. The monoisotopic (exact) mass is 278 g/mol. The first-order valence-electron chi connectivity index (χ1n) is 6.32. The van der Waals surface area contributed by atoms with Crippen LogP contribution in [0.1, 0.15) is 28.8 Å². The minimum absolute atomic E-state index is 0.0889. The second kappa shape index (κ2) is 5.65. The highest BCUT2D eigenvalue weighted by molar-refractivity contribution is 7.80. The van der Waals surface area contributed by atoms with Gasteiger partial charge in [0.2, 0.25) is 5.91 Å². The zero-order valence-electron chi connectivity index (χ0n) is 11.1. The molecule has 1 N–H and O–H groups in total. The highest BCUT2D eigenvalue weighted by Gasteiger charge is 2.24. The maximum Gasteiger partial charge on any atom is 0.254 e. The van der Waals surface area contributed by atoms with Crippen molar-refractivity contribution in [3.63, 3.8) is 0 Å². The van der Waals surface area contributed by atoms with Crippen molar-refractivity contribution in [2.75, 3.05) is 13.6 Å². The molecule has 0 unspecified atom stereocenters. The fourth-order valence-electron chi connectivity index (χ4n) is 1.83. The van der Waals surface area contributed by atoms with Crippen molar-refractivity contribution in [1.82, 2.24) is 10.2 Å². The summed E-state index contributed by atoms with van der Waals surface area (Å²) >= 11 is 4.24. The molecule has 4 nitrogen and oxygen atoms in total. The summed E-state index contributed by atoms with van der Waals surface area (Å²) in [6, 6.07) is 5.75. The summed E-state index contributed by atoms with van der Waals surface area (Å²) in [5, 5.41) is 2.87. The smallest absolute Gasteiger partial charge is 0.254 e. The quantitative estimate of drug-likeness (QED) is 0.823. The third-order valence-corrected chi connectivity index (χ3v) is 3.40. The molecule has 102 valence electrons. The van der Waals surface area contributed by atoms with Gasteiger partial charge in [-0.15, -0.1) is 12.6 Å². The Morgan fingerprint density at radius 3 is 2.74 bits per heavy atom. The SMILES string of the molecule is Cc1ccc(S)cc1C(=O)N(C)CC(=O)NC1CC1. The van der Waals surface area contributed by atoms with Crippen LogP contribution in [0.3, 0.4) is 0 Å². The first-order valence-corrected chi connectivity index (χ1v) is 6.76. The molecule has 0 aliphatic heterocycles. The first-order chi connectivity index (χ1) is 8.97. The summed E-state index contributed by atoms with van der Waals surface area (Å²) in [6.07, 6.45) is 2.09. The number of benzene rings is 1. The van der Waals surface area contributed by atoms with Crippen molar-refractivity contribution in [3.05, 3.63) is 29.3 Å². The highest BCUT2D eigenvalue weighted by Crippen LogP contribution is 2.19. The van der Waals surface area contributed by atoms with E-state index in [-0.39, 0.29) is 18.4 Å². The Kier molecular flexibility index (Phi) is 4.14. The van der Waals surface area contributed by atoms with Crippen molar-refractivity contribution >= 4 is 24.4 Å². The van der Waals surface area contributed by atoms with Gasteiger partial charge in [0, 0.05) is 23.5 Å². The number of rotatable bonds is 4. The van der Waals surface area contributed by atoms with Crippen LogP contribution in [-0.2, 0) is 4.79 Å². The van der Waals surface area contributed by atoms with E-state index in [4.69, 9.17) is 0 Å². The minimum atomic E-state index is -0.153. The van der Waals surface area contributed by atoms with Gasteiger partial charge >= 0.3 is 0 Å². The van der Waals surface area contributed by atoms with Gasteiger partial charge in [-0.25, -0.2) is 0 Å². The van der Waals surface area contributed by atoms with Crippen molar-refractivity contribution in [2.45, 2.75) is 30.7 Å². The van der Waals surface area contributed by atoms with Gasteiger partial charge in [-0.3, -0.25) is 9.59 Å². The maximum atomic E-state index is 12.3. The fraction of sp³-hybridized carbons (Fsp3) is 0.429. The van der Waals surface area contributed by atoms with E-state index >= 15 is 0 Å². The van der Waals surface area contributed by atoms with Crippen LogP contribution < -0.4 is 5.32 Å². The summed E-state index contributed by atoms with van der Waals surface area (Å²) < 4.78 is 0. The van der Waals surface area contributed by atoms with Crippen molar-refractivity contribution < 1.29 is 9.59 Å². The number of carbonyl (C=O) groups excluding carboxylic acids is 2. The van der Waals surface area contributed by atoms with Crippen molar-refractivity contribution in [2.24, 2.45) is 0 Å². The molecule has 1 fully saturated rings. The zero-order chi connectivity index (χ0) is 14.0. The summed E-state index contributed by atoms with van der Waals surface area (Å²) in [5.74, 6) is -0.252. The molecule has 0 radical (unpaired) electrons. The number of amides is 2. The van der Waals surface area contributed by atoms with E-state index in [1.807, 2.05) is 19.1 Å². The largest absolute Gasteiger partial charge is 0.352 e. The van der Waals surface area contributed by atoms with Crippen LogP contribution >= 0.6 is 12.6 Å². The van der Waals surface area contributed by atoms with Crippen LogP contribution in [-0.4, -0.2) is 36.3 Å². The summed E-state index contributed by atoms with van der Waals surface area (Å²) in [4.78, 5) is 26.1. The second-order valence-corrected chi connectivity index (χ2v) is 5.52. The molecule has 0 heterocycles. The molecule has 0 aromatic heterocycles. The van der Waals surface area contributed by atoms with Gasteiger partial charge in [-0.2, -0.15) is 0 Å². The molecule has 0 bridgehead atoms. The average molecular weight is 278 g/mol. The first kappa shape index (κ1) is 13.9. The number of aryl methyl sites for hydroxylation is 1. The highest BCUT2D eigenvalue weighted by atomic mass is 32.1. The number of nitrogens with one attached hydrogen (secondary N) is 1. The number of hydrogen-bond donors (Lipinski definition) is 2. The molecule has 19 heavy (non-hydrogen) atoms. The number of thiol groups is 1. The van der Waals surface area contributed by atoms with Gasteiger partial charge in [-0.1, -0.05) is 6.07 Å². The molecule has 1 aliphatic rings. The molecule has 1 saturated carbocycles. The minimum Gasteiger partial charge on any atom is -0.352 e. The van der Waals surface area contributed by atoms with Gasteiger partial charge in [0.25, 0.3) is 5.91 Å². The molecule has 1 aromatic carbocycles. The van der Waals surface area contributed by atoms with Crippen molar-refractivity contribution in [1.29, 1.82) is 0 Å². The fourth-order valence-corrected chi connectivity index (χ4v) is 2.04. The molecule has 1 aromatic rings. The maximum absolute atomic E-state index is 12.3. The van der Waals surface area contributed by atoms with Crippen molar-refractivity contribution in [3.8, 4) is 0 Å². The Balaban J connectivity index is 2.01. The van der Waals surface area contributed by atoms with Crippen LogP contribution in [0.4, 0.5) is 0 Å². The van der Waals surface area contributed by atoms with Crippen LogP contribution in [0, 0.1) is 6.92 Å². The molecule has 2 rings (SSSR count). The number of nitrogens with zero attached hydrogens (tertiary/aromatic N) is 1. The lowest BCUT2D eigenvalue weighted by atomic mass is 10.1. The molecular weight excluding hydrogens is 260 g/mol. The number of hydrogen-bond acceptors (Lipinski definition) is 3. The topological polar surface area (TPSA) is 49.4 Å². The Bertz CT molecular complexity index is 512. The third-order valence-electron chi connectivity index (χ3n) is 3.12. The molecule has 5 heteroatoms. The molecular formula is C14H18N2O2S. The lowest BCUT2D eigenvalue weighted by molar-refractivity contribution is -0.121. The molecule has 0 atom stereocenters. The van der Waals surface area contributed by atoms with Gasteiger partial charge < -0.3 is 10.2 Å². The van der Waals surface area contributed by atoms with Crippen LogP contribution in [0.25, 0.3) is 0 Å². The summed E-state index contributed by atoms with van der Waals surface area (Å²) in [6.45, 7) is 1.96. The lowest BCUT2D eigenvalue weighted by Gasteiger charge is -2.18. The Morgan fingerprint density at radius 1 is 1.42 bits per heavy atom. The van der Waals surface area contributed by atoms with Gasteiger partial charge in [0.1, 0.15) is 0 Å². The summed E-state index contributed by atoms with van der Waals surface area (Å²) in [5.41, 5.74) is 1.48. The van der Waals surface area contributed by atoms with E-state index in [9.17, 15) is 9.59 Å². The van der Waals surface area contributed by atoms with E-state index < -0.39 is 0 Å². The van der Waals surface area contributed by atoms with Crippen LogP contribution in [0.5, 0.6) is 0 Å². The van der Waals surface area contributed by atoms with E-state index in [1.165, 1.54) is 4.90 Å². The number of likely N-dealkylation sites (N-methyl/N-ethyl adjacent to an activating group) is 1. The van der Waals surface area contributed by atoms with E-state index in [0.717, 1.165) is 23.3 Å². The molecule has 1 aliphatic carbocycles. The third kappa shape index (κ3) is 3.73. The average Bonchev–Trinajstić information content (AvgIpc) is 3.15. The van der Waals surface area contributed by atoms with Gasteiger partial charge in [-0.05, 0) is 37.5 Å². The molecule has 0 spiro atoms. The Morgan fingerprint density at radius 2 is 2.11 bits per heavy atom. The lowest BCUT2D eigenvalue weighted by Crippen LogP contribution is -2.39. The van der Waals surface area contributed by atoms with Gasteiger partial charge in [0.15, 0.2) is 0 Å². The van der Waals surface area contributed by atoms with E-state index in [1.54, 1.807) is 13.1 Å². The van der Waals surface area contributed by atoms with Crippen LogP contribution in [0.2, 0.25) is 0 Å². The normalized spacial score (nSPS) is 14.1. The zero-order valence-corrected chi connectivity index (χ0v) is 12.0. The van der Waals surface area contributed by atoms with E-state index in [0.29, 0.717) is 11.6 Å². The standard InChI is InChI=1S/C14H18N2O2S/c1-9-3-6-11(19)7-12(9)14(18)16(2)8-13(17)15-10-4-5-10/h3,6-7,10,19H,4-5,8H2,1-2H3,(H,15,17). The Labute approximate surface area is 118 Å². The van der Waals surface area contributed by atoms with Gasteiger partial charge in [0.05, 0.1) is 6.54 Å². The number of carbonyl (C=O) groups is 2. The van der Waals surface area contributed by atoms with E-state index in [2.05, 4.69) is 17.9 Å². The molecule has 2 amide bonds. The Hall–Kier alpha value is -1.49. The predicted octanol–water partition coefficient (Wildman–Crippen LogP) is 1.63. The second-order valence-electron chi connectivity index (χ2n) is 5.00. The molecule has 0 saturated heterocycles. The van der Waals surface area contributed by atoms with Crippen LogP contribution in [0.15, 0.2) is 23.1 Å². The summed E-state index contributed by atoms with van der Waals surface area (Å²) in [7, 11) is 1.64.